The summed E-state index contributed by atoms with van der Waals surface area (Å²) in [7, 11) is 0. The van der Waals surface area contributed by atoms with Gasteiger partial charge >= 0.3 is 0 Å². The van der Waals surface area contributed by atoms with Crippen molar-refractivity contribution in [3.63, 3.8) is 0 Å². The quantitative estimate of drug-likeness (QED) is 0.789. The van der Waals surface area contributed by atoms with Crippen molar-refractivity contribution in [2.24, 2.45) is 0 Å². The van der Waals surface area contributed by atoms with Crippen LogP contribution < -0.4 is 4.90 Å². The summed E-state index contributed by atoms with van der Waals surface area (Å²) in [6.45, 7) is 4.65. The number of ether oxygens (including phenoxy) is 1. The van der Waals surface area contributed by atoms with Gasteiger partial charge in [-0.15, -0.1) is 0 Å². The first kappa shape index (κ1) is 11.4. The van der Waals surface area contributed by atoms with Crippen molar-refractivity contribution in [2.75, 3.05) is 24.6 Å². The standard InChI is InChI=1S/C10H12Br2N2O/c1-7-6-14(2-3-15-7)10-9(12)4-8(11)5-13-10/h4-5,7H,2-3,6H2,1H3. The molecule has 1 aromatic rings. The van der Waals surface area contributed by atoms with Crippen LogP contribution in [0.3, 0.4) is 0 Å². The van der Waals surface area contributed by atoms with Gasteiger partial charge in [0.25, 0.3) is 0 Å². The molecule has 1 atom stereocenters. The van der Waals surface area contributed by atoms with E-state index in [0.29, 0.717) is 0 Å². The van der Waals surface area contributed by atoms with Crippen LogP contribution in [0.25, 0.3) is 0 Å². The number of morpholine rings is 1. The van der Waals surface area contributed by atoms with Crippen LogP contribution in [0.15, 0.2) is 21.2 Å². The van der Waals surface area contributed by atoms with Gasteiger partial charge in [-0.05, 0) is 44.8 Å². The Morgan fingerprint density at radius 2 is 2.33 bits per heavy atom. The van der Waals surface area contributed by atoms with Crippen LogP contribution >= 0.6 is 31.9 Å². The highest BCUT2D eigenvalue weighted by Crippen LogP contribution is 2.27. The Hall–Kier alpha value is -0.130. The Balaban J connectivity index is 2.21. The third-order valence-corrected chi connectivity index (χ3v) is 3.35. The summed E-state index contributed by atoms with van der Waals surface area (Å²) >= 11 is 6.92. The number of rotatable bonds is 1. The van der Waals surface area contributed by atoms with Gasteiger partial charge in [0.2, 0.25) is 0 Å². The average Bonchev–Trinajstić information content (AvgIpc) is 2.17. The Morgan fingerprint density at radius 3 is 3.00 bits per heavy atom. The lowest BCUT2D eigenvalue weighted by atomic mass is 10.3. The number of nitrogens with zero attached hydrogens (tertiary/aromatic N) is 2. The van der Waals surface area contributed by atoms with E-state index in [1.54, 1.807) is 0 Å². The summed E-state index contributed by atoms with van der Waals surface area (Å²) in [5, 5.41) is 0. The SMILES string of the molecule is CC1CN(c2ncc(Br)cc2Br)CCO1. The van der Waals surface area contributed by atoms with Crippen LogP contribution in [-0.2, 0) is 4.74 Å². The van der Waals surface area contributed by atoms with Crippen molar-refractivity contribution >= 4 is 37.7 Å². The van der Waals surface area contributed by atoms with E-state index in [4.69, 9.17) is 4.74 Å². The Kier molecular flexibility index (Phi) is 3.64. The molecule has 0 radical (unpaired) electrons. The van der Waals surface area contributed by atoms with Gasteiger partial charge in [0, 0.05) is 23.8 Å². The van der Waals surface area contributed by atoms with Crippen molar-refractivity contribution in [1.82, 2.24) is 4.98 Å². The lowest BCUT2D eigenvalue weighted by Gasteiger charge is -2.32. The molecule has 0 N–H and O–H groups in total. The van der Waals surface area contributed by atoms with Gasteiger partial charge in [0.05, 0.1) is 17.2 Å². The molecule has 0 saturated carbocycles. The molecule has 0 aliphatic carbocycles. The Morgan fingerprint density at radius 1 is 1.53 bits per heavy atom. The molecular weight excluding hydrogens is 324 g/mol. The van der Waals surface area contributed by atoms with Gasteiger partial charge < -0.3 is 9.64 Å². The van der Waals surface area contributed by atoms with Crippen LogP contribution in [0.5, 0.6) is 0 Å². The van der Waals surface area contributed by atoms with Crippen LogP contribution in [0.2, 0.25) is 0 Å². The zero-order valence-corrected chi connectivity index (χ0v) is 11.6. The summed E-state index contributed by atoms with van der Waals surface area (Å²) in [5.74, 6) is 0.994. The molecule has 1 aliphatic rings. The minimum atomic E-state index is 0.274. The first-order valence-corrected chi connectivity index (χ1v) is 6.43. The molecule has 15 heavy (non-hydrogen) atoms. The predicted molar refractivity (Wildman–Crippen MR) is 67.3 cm³/mol. The van der Waals surface area contributed by atoms with Gasteiger partial charge in [0.15, 0.2) is 0 Å². The highest BCUT2D eigenvalue weighted by Gasteiger charge is 2.19. The van der Waals surface area contributed by atoms with E-state index in [1.165, 1.54) is 0 Å². The van der Waals surface area contributed by atoms with Crippen molar-refractivity contribution in [1.29, 1.82) is 0 Å². The van der Waals surface area contributed by atoms with Gasteiger partial charge in [0.1, 0.15) is 5.82 Å². The highest BCUT2D eigenvalue weighted by molar-refractivity contribution is 9.11. The van der Waals surface area contributed by atoms with Crippen LogP contribution in [0.1, 0.15) is 6.92 Å². The molecule has 0 aromatic carbocycles. The second-order valence-corrected chi connectivity index (χ2v) is 5.36. The lowest BCUT2D eigenvalue weighted by Crippen LogP contribution is -2.41. The minimum Gasteiger partial charge on any atom is -0.375 e. The molecule has 5 heteroatoms. The summed E-state index contributed by atoms with van der Waals surface area (Å²) < 4.78 is 7.50. The van der Waals surface area contributed by atoms with E-state index < -0.39 is 0 Å². The first-order valence-electron chi connectivity index (χ1n) is 4.84. The second-order valence-electron chi connectivity index (χ2n) is 3.59. The number of aromatic nitrogens is 1. The van der Waals surface area contributed by atoms with Crippen LogP contribution in [0, 0.1) is 0 Å². The van der Waals surface area contributed by atoms with Crippen molar-refractivity contribution in [3.05, 3.63) is 21.2 Å². The van der Waals surface area contributed by atoms with Crippen molar-refractivity contribution in [3.8, 4) is 0 Å². The third-order valence-electron chi connectivity index (χ3n) is 2.33. The van der Waals surface area contributed by atoms with Gasteiger partial charge in [-0.1, -0.05) is 0 Å². The molecule has 3 nitrogen and oxygen atoms in total. The molecule has 0 bridgehead atoms. The number of halogens is 2. The number of hydrogen-bond acceptors (Lipinski definition) is 3. The molecule has 1 aromatic heterocycles. The predicted octanol–water partition coefficient (Wildman–Crippen LogP) is 2.83. The first-order chi connectivity index (χ1) is 7.16. The number of anilines is 1. The molecule has 1 aliphatic heterocycles. The molecule has 2 rings (SSSR count). The molecule has 82 valence electrons. The molecule has 1 saturated heterocycles. The molecule has 0 amide bonds. The molecular formula is C10H12Br2N2O. The van der Waals surface area contributed by atoms with E-state index in [0.717, 1.165) is 34.5 Å². The third kappa shape index (κ3) is 2.71. The summed E-state index contributed by atoms with van der Waals surface area (Å²) in [6.07, 6.45) is 2.09. The summed E-state index contributed by atoms with van der Waals surface area (Å²) in [5.41, 5.74) is 0. The smallest absolute Gasteiger partial charge is 0.143 e. The van der Waals surface area contributed by atoms with E-state index >= 15 is 0 Å². The lowest BCUT2D eigenvalue weighted by molar-refractivity contribution is 0.0529. The largest absolute Gasteiger partial charge is 0.375 e. The van der Waals surface area contributed by atoms with E-state index in [-0.39, 0.29) is 6.10 Å². The van der Waals surface area contributed by atoms with Crippen LogP contribution in [0.4, 0.5) is 5.82 Å². The van der Waals surface area contributed by atoms with Crippen molar-refractivity contribution < 1.29 is 4.74 Å². The van der Waals surface area contributed by atoms with E-state index in [2.05, 4.69) is 48.7 Å². The van der Waals surface area contributed by atoms with E-state index in [1.807, 2.05) is 12.3 Å². The molecule has 0 spiro atoms. The Bertz CT molecular complexity index is 359. The van der Waals surface area contributed by atoms with Gasteiger partial charge in [-0.3, -0.25) is 0 Å². The molecule has 1 fully saturated rings. The monoisotopic (exact) mass is 334 g/mol. The average molecular weight is 336 g/mol. The normalized spacial score (nSPS) is 21.8. The van der Waals surface area contributed by atoms with Crippen molar-refractivity contribution in [2.45, 2.75) is 13.0 Å². The van der Waals surface area contributed by atoms with Crippen LogP contribution in [-0.4, -0.2) is 30.8 Å². The second kappa shape index (κ2) is 4.80. The zero-order valence-electron chi connectivity index (χ0n) is 8.41. The maximum absolute atomic E-state index is 5.50. The highest BCUT2D eigenvalue weighted by atomic mass is 79.9. The number of pyridine rings is 1. The van der Waals surface area contributed by atoms with Gasteiger partial charge in [-0.2, -0.15) is 0 Å². The fourth-order valence-corrected chi connectivity index (χ4v) is 2.89. The molecule has 1 unspecified atom stereocenters. The maximum Gasteiger partial charge on any atom is 0.143 e. The Labute approximate surface area is 106 Å². The van der Waals surface area contributed by atoms with E-state index in [9.17, 15) is 0 Å². The van der Waals surface area contributed by atoms with Gasteiger partial charge in [-0.25, -0.2) is 4.98 Å². The molecule has 2 heterocycles. The number of hydrogen-bond donors (Lipinski definition) is 0. The fourth-order valence-electron chi connectivity index (χ4n) is 1.65. The fraction of sp³-hybridized carbons (Fsp3) is 0.500. The maximum atomic E-state index is 5.50. The summed E-state index contributed by atoms with van der Waals surface area (Å²) in [6, 6.07) is 2.02. The zero-order chi connectivity index (χ0) is 10.8. The minimum absolute atomic E-state index is 0.274. The topological polar surface area (TPSA) is 25.4 Å². The summed E-state index contributed by atoms with van der Waals surface area (Å²) in [4.78, 5) is 6.65.